The number of fused-ring (bicyclic) bond motifs is 5. The van der Waals surface area contributed by atoms with Crippen molar-refractivity contribution in [3.8, 4) is 0 Å². The lowest BCUT2D eigenvalue weighted by atomic mass is 9.80. The summed E-state index contributed by atoms with van der Waals surface area (Å²) in [6.07, 6.45) is 13.3. The molecule has 1 heterocycles. The van der Waals surface area contributed by atoms with E-state index < -0.39 is 0 Å². The molecule has 0 fully saturated rings. The third-order valence-electron chi connectivity index (χ3n) is 8.68. The van der Waals surface area contributed by atoms with E-state index in [2.05, 4.69) is 135 Å². The molecule has 5 aromatic rings. The minimum atomic E-state index is 0.147. The van der Waals surface area contributed by atoms with Crippen molar-refractivity contribution in [2.45, 2.75) is 42.2 Å². The molecule has 7 rings (SSSR count). The number of nitrogens with zero attached hydrogens (tertiary/aromatic N) is 1. The van der Waals surface area contributed by atoms with E-state index in [1.54, 1.807) is 0 Å². The second-order valence-electron chi connectivity index (χ2n) is 11.2. The molecular weight excluding hydrogens is 502 g/mol. The zero-order valence-electron chi connectivity index (χ0n) is 23.1. The van der Waals surface area contributed by atoms with Crippen molar-refractivity contribution in [1.29, 1.82) is 0 Å². The van der Waals surface area contributed by atoms with Crippen LogP contribution in [0.1, 0.15) is 42.4 Å². The zero-order valence-corrected chi connectivity index (χ0v) is 23.9. The highest BCUT2D eigenvalue weighted by atomic mass is 32.2. The second-order valence-corrected chi connectivity index (χ2v) is 12.7. The number of allylic oxidation sites excluding steroid dienone is 3. The molecule has 2 atom stereocenters. The molecule has 2 unspecified atom stereocenters. The SMILES string of the molecule is C=C/C=C\c1c(C)c(N(c2ccc3c(c2)C2CCC=CC2(C)S3)c2ccc3ccccc3c2)cc2ccccc12. The molecule has 1 aliphatic carbocycles. The number of anilines is 3. The van der Waals surface area contributed by atoms with Crippen LogP contribution in [0.5, 0.6) is 0 Å². The van der Waals surface area contributed by atoms with Crippen molar-refractivity contribution in [2.75, 3.05) is 4.90 Å². The van der Waals surface area contributed by atoms with Crippen LogP contribution in [0.4, 0.5) is 17.1 Å². The Hall–Kier alpha value is -4.01. The average Bonchev–Trinajstić information content (AvgIpc) is 3.29. The van der Waals surface area contributed by atoms with Crippen LogP contribution in [0.3, 0.4) is 0 Å². The summed E-state index contributed by atoms with van der Waals surface area (Å²) < 4.78 is 0.147. The van der Waals surface area contributed by atoms with Gasteiger partial charge < -0.3 is 4.90 Å². The molecule has 0 saturated heterocycles. The standard InChI is InChI=1S/C38H33NS/c1-4-5-15-32-26(2)36(24-29-14-8-9-16-33(29)32)39(30-19-18-27-12-6-7-13-28(27)23-30)31-20-21-37-34(25-31)35-17-10-11-22-38(35,3)40-37/h4-9,11-16,18-25,35H,1,10,17H2,2-3H3/b15-5-. The maximum atomic E-state index is 3.94. The first kappa shape index (κ1) is 25.0. The van der Waals surface area contributed by atoms with Crippen molar-refractivity contribution in [3.63, 3.8) is 0 Å². The maximum absolute atomic E-state index is 3.94. The third-order valence-corrected chi connectivity index (χ3v) is 10.1. The molecule has 2 aliphatic rings. The fraction of sp³-hybridized carbons (Fsp3) is 0.158. The third kappa shape index (κ3) is 4.10. The minimum Gasteiger partial charge on any atom is -0.310 e. The lowest BCUT2D eigenvalue weighted by Gasteiger charge is -2.32. The molecule has 0 radical (unpaired) electrons. The lowest BCUT2D eigenvalue weighted by molar-refractivity contribution is 0.537. The summed E-state index contributed by atoms with van der Waals surface area (Å²) >= 11 is 2.03. The predicted octanol–water partition coefficient (Wildman–Crippen LogP) is 11.3. The van der Waals surface area contributed by atoms with E-state index in [0.29, 0.717) is 5.92 Å². The smallest absolute Gasteiger partial charge is 0.0503 e. The van der Waals surface area contributed by atoms with Crippen molar-refractivity contribution < 1.29 is 0 Å². The van der Waals surface area contributed by atoms with Crippen molar-refractivity contribution in [2.24, 2.45) is 0 Å². The second kappa shape index (κ2) is 9.87. The van der Waals surface area contributed by atoms with E-state index in [0.717, 1.165) is 6.42 Å². The first-order chi connectivity index (χ1) is 19.6. The van der Waals surface area contributed by atoms with E-state index in [1.165, 1.54) is 66.6 Å². The molecule has 0 saturated carbocycles. The summed E-state index contributed by atoms with van der Waals surface area (Å²) in [5, 5.41) is 5.00. The summed E-state index contributed by atoms with van der Waals surface area (Å²) in [6.45, 7) is 8.60. The van der Waals surface area contributed by atoms with Gasteiger partial charge in [0.05, 0.1) is 5.69 Å². The number of hydrogen-bond acceptors (Lipinski definition) is 2. The van der Waals surface area contributed by atoms with Gasteiger partial charge in [-0.2, -0.15) is 0 Å². The summed E-state index contributed by atoms with van der Waals surface area (Å²) in [7, 11) is 0. The molecule has 0 N–H and O–H groups in total. The van der Waals surface area contributed by atoms with Crippen LogP contribution in [-0.2, 0) is 0 Å². The van der Waals surface area contributed by atoms with Crippen molar-refractivity contribution >= 4 is 56.4 Å². The Kier molecular flexibility index (Phi) is 6.17. The quantitative estimate of drug-likeness (QED) is 0.163. The number of thioether (sulfide) groups is 1. The Bertz CT molecular complexity index is 1840. The van der Waals surface area contributed by atoms with Gasteiger partial charge in [0.15, 0.2) is 0 Å². The molecule has 0 aromatic heterocycles. The molecule has 1 aliphatic heterocycles. The van der Waals surface area contributed by atoms with Gasteiger partial charge in [-0.05, 0) is 101 Å². The average molecular weight is 536 g/mol. The molecule has 196 valence electrons. The van der Waals surface area contributed by atoms with Crippen LogP contribution < -0.4 is 4.90 Å². The predicted molar refractivity (Wildman–Crippen MR) is 175 cm³/mol. The molecule has 0 bridgehead atoms. The Morgan fingerprint density at radius 3 is 2.48 bits per heavy atom. The summed E-state index contributed by atoms with van der Waals surface area (Å²) in [6, 6.07) is 33.7. The number of benzene rings is 5. The molecule has 0 amide bonds. The van der Waals surface area contributed by atoms with Crippen molar-refractivity contribution in [1.82, 2.24) is 0 Å². The fourth-order valence-electron chi connectivity index (χ4n) is 6.65. The normalized spacial score (nSPS) is 19.7. The number of hydrogen-bond donors (Lipinski definition) is 0. The van der Waals surface area contributed by atoms with Gasteiger partial charge >= 0.3 is 0 Å². The Balaban J connectivity index is 1.48. The highest BCUT2D eigenvalue weighted by Crippen LogP contribution is 2.58. The summed E-state index contributed by atoms with van der Waals surface area (Å²) in [5.41, 5.74) is 7.57. The maximum Gasteiger partial charge on any atom is 0.0503 e. The van der Waals surface area contributed by atoms with Crippen LogP contribution in [-0.4, -0.2) is 4.75 Å². The Morgan fingerprint density at radius 1 is 0.875 bits per heavy atom. The molecular formula is C38H33NS. The fourth-order valence-corrected chi connectivity index (χ4v) is 8.13. The molecule has 0 spiro atoms. The van der Waals surface area contributed by atoms with Gasteiger partial charge in [0, 0.05) is 26.9 Å². The first-order valence-corrected chi connectivity index (χ1v) is 15.0. The summed E-state index contributed by atoms with van der Waals surface area (Å²) in [4.78, 5) is 3.89. The van der Waals surface area contributed by atoms with Gasteiger partial charge in [0.1, 0.15) is 0 Å². The van der Waals surface area contributed by atoms with E-state index in [1.807, 2.05) is 23.9 Å². The minimum absolute atomic E-state index is 0.147. The van der Waals surface area contributed by atoms with Gasteiger partial charge in [0.25, 0.3) is 0 Å². The molecule has 40 heavy (non-hydrogen) atoms. The van der Waals surface area contributed by atoms with Gasteiger partial charge in [0.2, 0.25) is 0 Å². The Labute approximate surface area is 241 Å². The molecule has 2 heteroatoms. The largest absolute Gasteiger partial charge is 0.310 e. The summed E-state index contributed by atoms with van der Waals surface area (Å²) in [5.74, 6) is 0.541. The zero-order chi connectivity index (χ0) is 27.3. The Morgan fingerprint density at radius 2 is 1.62 bits per heavy atom. The van der Waals surface area contributed by atoms with Gasteiger partial charge in [-0.15, -0.1) is 11.8 Å². The molecule has 5 aromatic carbocycles. The number of rotatable bonds is 5. The van der Waals surface area contributed by atoms with Gasteiger partial charge in [-0.3, -0.25) is 0 Å². The van der Waals surface area contributed by atoms with Crippen LogP contribution >= 0.6 is 11.8 Å². The van der Waals surface area contributed by atoms with Gasteiger partial charge in [-0.25, -0.2) is 0 Å². The van der Waals surface area contributed by atoms with Gasteiger partial charge in [-0.1, -0.05) is 91.6 Å². The van der Waals surface area contributed by atoms with Crippen LogP contribution in [0.2, 0.25) is 0 Å². The monoisotopic (exact) mass is 535 g/mol. The van der Waals surface area contributed by atoms with E-state index in [4.69, 9.17) is 0 Å². The van der Waals surface area contributed by atoms with E-state index >= 15 is 0 Å². The molecule has 1 nitrogen and oxygen atoms in total. The van der Waals surface area contributed by atoms with Crippen LogP contribution in [0, 0.1) is 6.92 Å². The van der Waals surface area contributed by atoms with E-state index in [-0.39, 0.29) is 4.75 Å². The highest BCUT2D eigenvalue weighted by molar-refractivity contribution is 8.01. The van der Waals surface area contributed by atoms with Crippen LogP contribution in [0.25, 0.3) is 27.6 Å². The highest BCUT2D eigenvalue weighted by Gasteiger charge is 2.42. The lowest BCUT2D eigenvalue weighted by Crippen LogP contribution is -2.24. The van der Waals surface area contributed by atoms with E-state index in [9.17, 15) is 0 Å². The first-order valence-electron chi connectivity index (χ1n) is 14.2. The van der Waals surface area contributed by atoms with Crippen molar-refractivity contribution in [3.05, 3.63) is 139 Å². The topological polar surface area (TPSA) is 3.24 Å². The van der Waals surface area contributed by atoms with Crippen LogP contribution in [0.15, 0.2) is 127 Å².